The van der Waals surface area contributed by atoms with Crippen molar-refractivity contribution in [2.45, 2.75) is 32.4 Å². The molecule has 0 spiro atoms. The monoisotopic (exact) mass is 265 g/mol. The van der Waals surface area contributed by atoms with Gasteiger partial charge < -0.3 is 10.1 Å². The normalized spacial score (nSPS) is 25.2. The number of aliphatic imine (C=N–C) groups is 1. The first kappa shape index (κ1) is 13.2. The summed E-state index contributed by atoms with van der Waals surface area (Å²) in [5.74, 6) is 1.72. The number of nitrogens with zero attached hydrogens (tertiary/aromatic N) is 2. The third-order valence-electron chi connectivity index (χ3n) is 3.13. The number of hydrogen-bond acceptors (Lipinski definition) is 4. The lowest BCUT2D eigenvalue weighted by Crippen LogP contribution is -2.39. The predicted octanol–water partition coefficient (Wildman–Crippen LogP) is 2.45. The van der Waals surface area contributed by atoms with Gasteiger partial charge in [-0.2, -0.15) is 0 Å². The van der Waals surface area contributed by atoms with Gasteiger partial charge in [0.05, 0.1) is 13.7 Å². The first-order valence-electron chi connectivity index (χ1n) is 6.09. The van der Waals surface area contributed by atoms with E-state index in [2.05, 4.69) is 29.1 Å². The van der Waals surface area contributed by atoms with Gasteiger partial charge >= 0.3 is 0 Å². The van der Waals surface area contributed by atoms with Crippen molar-refractivity contribution in [1.29, 1.82) is 0 Å². The number of aromatic nitrogens is 1. The van der Waals surface area contributed by atoms with Crippen LogP contribution in [0.15, 0.2) is 23.3 Å². The SMILES string of the molecule is CCC1(C)CSC(=NCc2ccnc(OC)c2)N1. The lowest BCUT2D eigenvalue weighted by Gasteiger charge is -2.20. The molecule has 1 aliphatic rings. The highest BCUT2D eigenvalue weighted by Gasteiger charge is 2.30. The zero-order valence-electron chi connectivity index (χ0n) is 11.1. The highest BCUT2D eigenvalue weighted by atomic mass is 32.2. The van der Waals surface area contributed by atoms with Gasteiger partial charge in [-0.3, -0.25) is 4.99 Å². The van der Waals surface area contributed by atoms with Crippen molar-refractivity contribution in [1.82, 2.24) is 10.3 Å². The Morgan fingerprint density at radius 3 is 3.11 bits per heavy atom. The summed E-state index contributed by atoms with van der Waals surface area (Å²) in [6, 6.07) is 3.88. The van der Waals surface area contributed by atoms with Gasteiger partial charge in [-0.25, -0.2) is 4.98 Å². The van der Waals surface area contributed by atoms with Crippen molar-refractivity contribution in [3.63, 3.8) is 0 Å². The van der Waals surface area contributed by atoms with E-state index in [1.165, 1.54) is 0 Å². The Morgan fingerprint density at radius 1 is 1.61 bits per heavy atom. The Morgan fingerprint density at radius 2 is 2.44 bits per heavy atom. The minimum Gasteiger partial charge on any atom is -0.481 e. The molecule has 1 atom stereocenters. The van der Waals surface area contributed by atoms with Crippen LogP contribution in [-0.2, 0) is 6.54 Å². The zero-order valence-corrected chi connectivity index (χ0v) is 11.9. The Hall–Kier alpha value is -1.23. The first-order valence-corrected chi connectivity index (χ1v) is 7.08. The van der Waals surface area contributed by atoms with E-state index in [4.69, 9.17) is 4.74 Å². The molecule has 5 heteroatoms. The van der Waals surface area contributed by atoms with E-state index in [1.54, 1.807) is 25.1 Å². The number of nitrogens with one attached hydrogen (secondary N) is 1. The van der Waals surface area contributed by atoms with Crippen LogP contribution in [0.4, 0.5) is 0 Å². The van der Waals surface area contributed by atoms with Crippen LogP contribution in [0.3, 0.4) is 0 Å². The van der Waals surface area contributed by atoms with Crippen LogP contribution in [0.5, 0.6) is 5.88 Å². The Labute approximate surface area is 112 Å². The second-order valence-corrected chi connectivity index (χ2v) is 5.62. The van der Waals surface area contributed by atoms with E-state index in [0.717, 1.165) is 22.9 Å². The average molecular weight is 265 g/mol. The fraction of sp³-hybridized carbons (Fsp3) is 0.538. The summed E-state index contributed by atoms with van der Waals surface area (Å²) in [4.78, 5) is 8.68. The van der Waals surface area contributed by atoms with Gasteiger partial charge in [0, 0.05) is 23.6 Å². The van der Waals surface area contributed by atoms with E-state index in [1.807, 2.05) is 12.1 Å². The molecule has 98 valence electrons. The van der Waals surface area contributed by atoms with Gasteiger partial charge in [0.2, 0.25) is 5.88 Å². The molecular weight excluding hydrogens is 246 g/mol. The molecule has 1 fully saturated rings. The minimum absolute atomic E-state index is 0.194. The van der Waals surface area contributed by atoms with E-state index >= 15 is 0 Å². The molecular formula is C13H19N3OS. The summed E-state index contributed by atoms with van der Waals surface area (Å²) in [6.45, 7) is 5.09. The van der Waals surface area contributed by atoms with E-state index < -0.39 is 0 Å². The number of thioether (sulfide) groups is 1. The first-order chi connectivity index (χ1) is 8.65. The van der Waals surface area contributed by atoms with Gasteiger partial charge in [0.15, 0.2) is 5.17 Å². The number of hydrogen-bond donors (Lipinski definition) is 1. The number of methoxy groups -OCH3 is 1. The third-order valence-corrected chi connectivity index (χ3v) is 4.42. The molecule has 1 unspecified atom stereocenters. The molecule has 1 aromatic rings. The summed E-state index contributed by atoms with van der Waals surface area (Å²) in [7, 11) is 1.62. The minimum atomic E-state index is 0.194. The molecule has 1 aromatic heterocycles. The molecule has 1 saturated heterocycles. The number of ether oxygens (including phenoxy) is 1. The largest absolute Gasteiger partial charge is 0.481 e. The third kappa shape index (κ3) is 3.16. The van der Waals surface area contributed by atoms with Crippen molar-refractivity contribution < 1.29 is 4.74 Å². The lowest BCUT2D eigenvalue weighted by molar-refractivity contribution is 0.397. The summed E-state index contributed by atoms with van der Waals surface area (Å²) >= 11 is 1.80. The van der Waals surface area contributed by atoms with Crippen molar-refractivity contribution in [2.24, 2.45) is 4.99 Å². The summed E-state index contributed by atoms with van der Waals surface area (Å²) in [5.41, 5.74) is 1.31. The summed E-state index contributed by atoms with van der Waals surface area (Å²) in [6.07, 6.45) is 2.86. The molecule has 2 heterocycles. The van der Waals surface area contributed by atoms with Crippen molar-refractivity contribution >= 4 is 16.9 Å². The van der Waals surface area contributed by atoms with Crippen molar-refractivity contribution in [3.05, 3.63) is 23.9 Å². The molecule has 0 saturated carbocycles. The molecule has 2 rings (SSSR count). The molecule has 0 aliphatic carbocycles. The van der Waals surface area contributed by atoms with Crippen LogP contribution in [-0.4, -0.2) is 28.6 Å². The second-order valence-electron chi connectivity index (χ2n) is 4.66. The van der Waals surface area contributed by atoms with Gasteiger partial charge in [-0.1, -0.05) is 18.7 Å². The highest BCUT2D eigenvalue weighted by molar-refractivity contribution is 8.14. The Balaban J connectivity index is 1.99. The number of rotatable bonds is 4. The molecule has 1 N–H and O–H groups in total. The molecule has 1 aliphatic heterocycles. The molecule has 4 nitrogen and oxygen atoms in total. The van der Waals surface area contributed by atoms with E-state index in [-0.39, 0.29) is 5.54 Å². The van der Waals surface area contributed by atoms with Gasteiger partial charge in [-0.15, -0.1) is 0 Å². The summed E-state index contributed by atoms with van der Waals surface area (Å²) < 4.78 is 5.10. The number of pyridine rings is 1. The van der Waals surface area contributed by atoms with Crippen molar-refractivity contribution in [3.8, 4) is 5.88 Å². The van der Waals surface area contributed by atoms with Crippen LogP contribution < -0.4 is 10.1 Å². The average Bonchev–Trinajstić information content (AvgIpc) is 2.79. The molecule has 0 aromatic carbocycles. The van der Waals surface area contributed by atoms with Crippen LogP contribution in [0.2, 0.25) is 0 Å². The predicted molar refractivity (Wildman–Crippen MR) is 76.2 cm³/mol. The smallest absolute Gasteiger partial charge is 0.213 e. The van der Waals surface area contributed by atoms with Crippen molar-refractivity contribution in [2.75, 3.05) is 12.9 Å². The van der Waals surface area contributed by atoms with Crippen LogP contribution >= 0.6 is 11.8 Å². The molecule has 0 radical (unpaired) electrons. The fourth-order valence-corrected chi connectivity index (χ4v) is 2.86. The zero-order chi connectivity index (χ0) is 13.0. The van der Waals surface area contributed by atoms with E-state index in [0.29, 0.717) is 12.4 Å². The van der Waals surface area contributed by atoms with Crippen LogP contribution in [0, 0.1) is 0 Å². The maximum Gasteiger partial charge on any atom is 0.213 e. The highest BCUT2D eigenvalue weighted by Crippen LogP contribution is 2.25. The van der Waals surface area contributed by atoms with Crippen LogP contribution in [0.1, 0.15) is 25.8 Å². The molecule has 0 bridgehead atoms. The fourth-order valence-electron chi connectivity index (χ4n) is 1.66. The Bertz CT molecular complexity index is 450. The van der Waals surface area contributed by atoms with Crippen LogP contribution in [0.25, 0.3) is 0 Å². The number of amidine groups is 1. The maximum absolute atomic E-state index is 5.10. The maximum atomic E-state index is 5.10. The Kier molecular flexibility index (Phi) is 4.11. The lowest BCUT2D eigenvalue weighted by atomic mass is 10.0. The topological polar surface area (TPSA) is 46.5 Å². The van der Waals surface area contributed by atoms with Gasteiger partial charge in [0.1, 0.15) is 0 Å². The molecule has 0 amide bonds. The van der Waals surface area contributed by atoms with E-state index in [9.17, 15) is 0 Å². The van der Waals surface area contributed by atoms with Gasteiger partial charge in [-0.05, 0) is 25.0 Å². The van der Waals surface area contributed by atoms with Gasteiger partial charge in [0.25, 0.3) is 0 Å². The second kappa shape index (κ2) is 5.61. The summed E-state index contributed by atoms with van der Waals surface area (Å²) in [5, 5.41) is 4.52. The quantitative estimate of drug-likeness (QED) is 0.908. The standard InChI is InChI=1S/C13H19N3OS/c1-4-13(2)9-18-12(16-13)15-8-10-5-6-14-11(7-10)17-3/h5-7H,4,8-9H2,1-3H3,(H,15,16). The molecule has 18 heavy (non-hydrogen) atoms.